The summed E-state index contributed by atoms with van der Waals surface area (Å²) in [6, 6.07) is 6.45. The number of aryl methyl sites for hydroxylation is 1. The van der Waals surface area contributed by atoms with Crippen molar-refractivity contribution >= 4 is 22.7 Å². The third-order valence-corrected chi connectivity index (χ3v) is 4.85. The number of anilines is 2. The molecule has 1 aromatic heterocycles. The number of benzene rings is 1. The molecule has 1 aromatic carbocycles. The zero-order valence-corrected chi connectivity index (χ0v) is 15.7. The normalized spacial score (nSPS) is 15.1. The van der Waals surface area contributed by atoms with Crippen molar-refractivity contribution in [1.29, 1.82) is 0 Å². The van der Waals surface area contributed by atoms with Crippen LogP contribution in [0.1, 0.15) is 19.4 Å². The van der Waals surface area contributed by atoms with Crippen molar-refractivity contribution < 1.29 is 0 Å². The topological polar surface area (TPSA) is 56.3 Å². The molecule has 1 fully saturated rings. The summed E-state index contributed by atoms with van der Waals surface area (Å²) in [5, 5.41) is 7.98. The molecule has 6 heteroatoms. The number of nitrogens with one attached hydrogen (secondary N) is 2. The molecule has 0 bridgehead atoms. The maximum absolute atomic E-state index is 4.86. The van der Waals surface area contributed by atoms with Gasteiger partial charge in [0.1, 0.15) is 5.82 Å². The summed E-state index contributed by atoms with van der Waals surface area (Å²) in [7, 11) is 0. The number of aromatic nitrogens is 2. The van der Waals surface area contributed by atoms with E-state index in [2.05, 4.69) is 59.4 Å². The summed E-state index contributed by atoms with van der Waals surface area (Å²) in [6.07, 6.45) is 0. The van der Waals surface area contributed by atoms with Crippen LogP contribution in [0.2, 0.25) is 0 Å². The maximum Gasteiger partial charge on any atom is 0.225 e. The van der Waals surface area contributed by atoms with E-state index in [9.17, 15) is 0 Å². The lowest BCUT2D eigenvalue weighted by molar-refractivity contribution is 0.316. The fourth-order valence-corrected chi connectivity index (χ4v) is 3.29. The van der Waals surface area contributed by atoms with E-state index in [4.69, 9.17) is 9.97 Å². The quantitative estimate of drug-likeness (QED) is 0.804. The zero-order valence-electron chi connectivity index (χ0n) is 15.7. The molecule has 2 aromatic rings. The zero-order chi connectivity index (χ0) is 17.6. The highest BCUT2D eigenvalue weighted by atomic mass is 15.3. The molecule has 1 aliphatic rings. The first-order chi connectivity index (χ1) is 12.2. The van der Waals surface area contributed by atoms with Crippen molar-refractivity contribution in [3.8, 4) is 0 Å². The van der Waals surface area contributed by atoms with Gasteiger partial charge < -0.3 is 20.4 Å². The fourth-order valence-electron chi connectivity index (χ4n) is 3.29. The first-order valence-electron chi connectivity index (χ1n) is 9.41. The second-order valence-corrected chi connectivity index (χ2v) is 6.58. The number of rotatable bonds is 7. The molecule has 0 spiro atoms. The van der Waals surface area contributed by atoms with Crippen LogP contribution in [0.3, 0.4) is 0 Å². The molecular weight excluding hydrogens is 312 g/mol. The molecule has 1 aliphatic heterocycles. The number of fused-ring (bicyclic) bond motifs is 1. The minimum atomic E-state index is 0.735. The lowest BCUT2D eigenvalue weighted by atomic mass is 10.1. The van der Waals surface area contributed by atoms with Crippen molar-refractivity contribution in [2.45, 2.75) is 20.8 Å². The summed E-state index contributed by atoms with van der Waals surface area (Å²) in [5.74, 6) is 1.79. The van der Waals surface area contributed by atoms with Crippen LogP contribution in [-0.4, -0.2) is 67.2 Å². The lowest BCUT2D eigenvalue weighted by Gasteiger charge is -2.29. The molecule has 0 atom stereocenters. The van der Waals surface area contributed by atoms with E-state index in [-0.39, 0.29) is 0 Å². The first kappa shape index (κ1) is 17.9. The molecule has 0 saturated carbocycles. The highest BCUT2D eigenvalue weighted by Crippen LogP contribution is 2.26. The van der Waals surface area contributed by atoms with Gasteiger partial charge in [-0.2, -0.15) is 4.98 Å². The highest BCUT2D eigenvalue weighted by molar-refractivity contribution is 5.91. The molecule has 136 valence electrons. The average Bonchev–Trinajstić information content (AvgIpc) is 2.65. The molecule has 6 nitrogen and oxygen atoms in total. The Balaban J connectivity index is 1.85. The molecule has 0 amide bonds. The highest BCUT2D eigenvalue weighted by Gasteiger charge is 2.17. The van der Waals surface area contributed by atoms with Crippen LogP contribution in [0.4, 0.5) is 11.8 Å². The van der Waals surface area contributed by atoms with E-state index in [0.29, 0.717) is 0 Å². The Kier molecular flexibility index (Phi) is 6.04. The van der Waals surface area contributed by atoms with Gasteiger partial charge in [-0.25, -0.2) is 4.98 Å². The Morgan fingerprint density at radius 1 is 1.16 bits per heavy atom. The van der Waals surface area contributed by atoms with Crippen molar-refractivity contribution in [2.24, 2.45) is 0 Å². The van der Waals surface area contributed by atoms with Crippen LogP contribution in [0.25, 0.3) is 10.9 Å². The minimum absolute atomic E-state index is 0.735. The van der Waals surface area contributed by atoms with Gasteiger partial charge in [-0.15, -0.1) is 0 Å². The van der Waals surface area contributed by atoms with E-state index in [0.717, 1.165) is 75.0 Å². The molecule has 0 aliphatic carbocycles. The Labute approximate surface area is 150 Å². The van der Waals surface area contributed by atoms with Crippen molar-refractivity contribution in [1.82, 2.24) is 20.2 Å². The van der Waals surface area contributed by atoms with E-state index in [1.807, 2.05) is 0 Å². The predicted molar refractivity (Wildman–Crippen MR) is 106 cm³/mol. The molecule has 1 saturated heterocycles. The molecule has 2 heterocycles. The van der Waals surface area contributed by atoms with Gasteiger partial charge in [0.2, 0.25) is 5.95 Å². The molecule has 3 rings (SSSR count). The minimum Gasteiger partial charge on any atom is -0.353 e. The van der Waals surface area contributed by atoms with Crippen LogP contribution in [0, 0.1) is 6.92 Å². The van der Waals surface area contributed by atoms with Gasteiger partial charge in [-0.3, -0.25) is 0 Å². The van der Waals surface area contributed by atoms with Crippen molar-refractivity contribution in [3.05, 3.63) is 23.8 Å². The van der Waals surface area contributed by atoms with Gasteiger partial charge in [0.05, 0.1) is 5.52 Å². The van der Waals surface area contributed by atoms with Gasteiger partial charge in [0.15, 0.2) is 0 Å². The summed E-state index contributed by atoms with van der Waals surface area (Å²) in [4.78, 5) is 14.4. The molecule has 25 heavy (non-hydrogen) atoms. The number of likely N-dealkylation sites (N-methyl/N-ethyl adjacent to an activating group) is 1. The number of piperazine rings is 1. The van der Waals surface area contributed by atoms with Crippen LogP contribution >= 0.6 is 0 Å². The molecular formula is C19H30N6. The number of hydrogen-bond acceptors (Lipinski definition) is 6. The van der Waals surface area contributed by atoms with E-state index in [1.165, 1.54) is 5.56 Å². The second kappa shape index (κ2) is 8.45. The van der Waals surface area contributed by atoms with Gasteiger partial charge in [0, 0.05) is 44.7 Å². The smallest absolute Gasteiger partial charge is 0.225 e. The third-order valence-electron chi connectivity index (χ3n) is 4.85. The van der Waals surface area contributed by atoms with Crippen molar-refractivity contribution in [2.75, 3.05) is 62.6 Å². The Morgan fingerprint density at radius 2 is 1.92 bits per heavy atom. The van der Waals surface area contributed by atoms with Gasteiger partial charge in [-0.1, -0.05) is 19.9 Å². The van der Waals surface area contributed by atoms with E-state index in [1.54, 1.807) is 0 Å². The van der Waals surface area contributed by atoms with Crippen LogP contribution < -0.4 is 15.5 Å². The second-order valence-electron chi connectivity index (χ2n) is 6.58. The lowest BCUT2D eigenvalue weighted by Crippen LogP contribution is -2.44. The van der Waals surface area contributed by atoms with Crippen LogP contribution in [0.15, 0.2) is 18.2 Å². The average molecular weight is 342 g/mol. The summed E-state index contributed by atoms with van der Waals surface area (Å²) < 4.78 is 0. The van der Waals surface area contributed by atoms with Gasteiger partial charge in [0.25, 0.3) is 0 Å². The maximum atomic E-state index is 4.86. The molecule has 0 radical (unpaired) electrons. The van der Waals surface area contributed by atoms with Crippen molar-refractivity contribution in [3.63, 3.8) is 0 Å². The summed E-state index contributed by atoms with van der Waals surface area (Å²) in [5.41, 5.74) is 2.25. The largest absolute Gasteiger partial charge is 0.353 e. The Morgan fingerprint density at radius 3 is 2.64 bits per heavy atom. The molecule has 0 unspecified atom stereocenters. The Hall–Kier alpha value is -1.92. The first-order valence-corrected chi connectivity index (χ1v) is 9.41. The fraction of sp³-hybridized carbons (Fsp3) is 0.579. The third kappa shape index (κ3) is 4.38. The SMILES string of the molecule is CCN(CC)CCNc1nc(N2CCNCC2)c2ccc(C)cc2n1. The predicted octanol–water partition coefficient (Wildman–Crippen LogP) is 2.10. The number of nitrogens with zero attached hydrogens (tertiary/aromatic N) is 4. The van der Waals surface area contributed by atoms with Gasteiger partial charge in [-0.05, 0) is 37.7 Å². The monoisotopic (exact) mass is 342 g/mol. The summed E-state index contributed by atoms with van der Waals surface area (Å²) in [6.45, 7) is 14.5. The molecule has 2 N–H and O–H groups in total. The van der Waals surface area contributed by atoms with Crippen LogP contribution in [-0.2, 0) is 0 Å². The van der Waals surface area contributed by atoms with Gasteiger partial charge >= 0.3 is 0 Å². The standard InChI is InChI=1S/C19H30N6/c1-4-24(5-2)11-10-21-19-22-17-14-15(3)6-7-16(17)18(23-19)25-12-8-20-9-13-25/h6-7,14,20H,4-5,8-13H2,1-3H3,(H,21,22,23). The van der Waals surface area contributed by atoms with E-state index >= 15 is 0 Å². The van der Waals surface area contributed by atoms with E-state index < -0.39 is 0 Å². The number of hydrogen-bond donors (Lipinski definition) is 2. The van der Waals surface area contributed by atoms with Crippen LogP contribution in [0.5, 0.6) is 0 Å². The Bertz CT molecular complexity index is 692. The summed E-state index contributed by atoms with van der Waals surface area (Å²) >= 11 is 0.